The van der Waals surface area contributed by atoms with E-state index in [4.69, 9.17) is 9.84 Å². The number of amides is 2. The van der Waals surface area contributed by atoms with Crippen LogP contribution < -0.4 is 5.32 Å². The number of carbonyl (C=O) groups excluding carboxylic acids is 1. The molecule has 2 N–H and O–H groups in total. The molecule has 1 atom stereocenters. The second-order valence-electron chi connectivity index (χ2n) is 4.54. The zero-order valence-electron chi connectivity index (χ0n) is 10.3. The Hall–Kier alpha value is -1.30. The second kappa shape index (κ2) is 6.44. The molecule has 1 heterocycles. The summed E-state index contributed by atoms with van der Waals surface area (Å²) in [7, 11) is 0. The first-order chi connectivity index (χ1) is 8.02. The van der Waals surface area contributed by atoms with Crippen LogP contribution in [0.4, 0.5) is 4.79 Å². The van der Waals surface area contributed by atoms with Gasteiger partial charge >= 0.3 is 12.0 Å². The van der Waals surface area contributed by atoms with Crippen molar-refractivity contribution in [1.29, 1.82) is 0 Å². The van der Waals surface area contributed by atoms with Crippen molar-refractivity contribution in [2.24, 2.45) is 5.92 Å². The summed E-state index contributed by atoms with van der Waals surface area (Å²) in [5, 5.41) is 11.7. The minimum atomic E-state index is -1.02. The molecule has 0 aliphatic carbocycles. The summed E-state index contributed by atoms with van der Waals surface area (Å²) in [6.45, 7) is 5.49. The van der Waals surface area contributed by atoms with Gasteiger partial charge in [-0.25, -0.2) is 9.59 Å². The Morgan fingerprint density at radius 2 is 2.24 bits per heavy atom. The predicted octanol–water partition coefficient (Wildman–Crippen LogP) is 0.527. The lowest BCUT2D eigenvalue weighted by molar-refractivity contribution is -0.147. The van der Waals surface area contributed by atoms with E-state index in [1.165, 1.54) is 4.90 Å². The van der Waals surface area contributed by atoms with Crippen molar-refractivity contribution in [1.82, 2.24) is 10.2 Å². The van der Waals surface area contributed by atoms with Crippen LogP contribution in [0.1, 0.15) is 20.3 Å². The molecule has 0 bridgehead atoms. The molecule has 0 aromatic rings. The van der Waals surface area contributed by atoms with E-state index in [9.17, 15) is 9.59 Å². The molecule has 0 aromatic heterocycles. The van der Waals surface area contributed by atoms with Gasteiger partial charge in [0.25, 0.3) is 0 Å². The molecule has 1 aliphatic rings. The van der Waals surface area contributed by atoms with Gasteiger partial charge in [-0.3, -0.25) is 0 Å². The van der Waals surface area contributed by atoms with E-state index >= 15 is 0 Å². The molecule has 0 saturated carbocycles. The Labute approximate surface area is 101 Å². The number of nitrogens with one attached hydrogen (secondary N) is 1. The Morgan fingerprint density at radius 3 is 2.82 bits per heavy atom. The first-order valence-electron chi connectivity index (χ1n) is 5.87. The first-order valence-corrected chi connectivity index (χ1v) is 5.87. The lowest BCUT2D eigenvalue weighted by Gasteiger charge is -2.32. The van der Waals surface area contributed by atoms with Gasteiger partial charge in [0.1, 0.15) is 0 Å². The van der Waals surface area contributed by atoms with Gasteiger partial charge in [-0.2, -0.15) is 0 Å². The van der Waals surface area contributed by atoms with Gasteiger partial charge in [-0.15, -0.1) is 0 Å². The number of aliphatic carboxylic acids is 1. The summed E-state index contributed by atoms with van der Waals surface area (Å²) in [6, 6.07) is -1.19. The van der Waals surface area contributed by atoms with Crippen LogP contribution in [0.25, 0.3) is 0 Å². The standard InChI is InChI=1S/C11H20N2O4/c1-8(2)3-4-12-11(16)13-5-6-17-7-9(13)10(14)15/h8-9H,3-7H2,1-2H3,(H,12,16)(H,14,15). The van der Waals surface area contributed by atoms with Crippen LogP contribution in [0.15, 0.2) is 0 Å². The fourth-order valence-electron chi connectivity index (χ4n) is 1.62. The van der Waals surface area contributed by atoms with Gasteiger partial charge in [0, 0.05) is 13.1 Å². The smallest absolute Gasteiger partial charge is 0.328 e. The van der Waals surface area contributed by atoms with Gasteiger partial charge in [0.15, 0.2) is 6.04 Å². The highest BCUT2D eigenvalue weighted by Gasteiger charge is 2.32. The molecular weight excluding hydrogens is 224 g/mol. The summed E-state index contributed by atoms with van der Waals surface area (Å²) < 4.78 is 5.06. The van der Waals surface area contributed by atoms with Crippen molar-refractivity contribution in [3.05, 3.63) is 0 Å². The van der Waals surface area contributed by atoms with Gasteiger partial charge in [-0.05, 0) is 12.3 Å². The topological polar surface area (TPSA) is 78.9 Å². The van der Waals surface area contributed by atoms with E-state index in [0.717, 1.165) is 6.42 Å². The molecule has 6 nitrogen and oxygen atoms in total. The zero-order valence-corrected chi connectivity index (χ0v) is 10.3. The van der Waals surface area contributed by atoms with Crippen molar-refractivity contribution in [3.8, 4) is 0 Å². The summed E-state index contributed by atoms with van der Waals surface area (Å²) in [6.07, 6.45) is 0.883. The molecule has 1 fully saturated rings. The highest BCUT2D eigenvalue weighted by atomic mass is 16.5. The third-order valence-corrected chi connectivity index (χ3v) is 2.67. The van der Waals surface area contributed by atoms with Gasteiger partial charge < -0.3 is 20.1 Å². The van der Waals surface area contributed by atoms with Crippen LogP contribution in [-0.4, -0.2) is 54.4 Å². The maximum absolute atomic E-state index is 11.8. The van der Waals surface area contributed by atoms with E-state index in [1.54, 1.807) is 0 Å². The summed E-state index contributed by atoms with van der Waals surface area (Å²) >= 11 is 0. The maximum Gasteiger partial charge on any atom is 0.328 e. The quantitative estimate of drug-likeness (QED) is 0.756. The number of carbonyl (C=O) groups is 2. The van der Waals surface area contributed by atoms with Crippen molar-refractivity contribution in [2.45, 2.75) is 26.3 Å². The molecule has 1 rings (SSSR count). The molecule has 1 saturated heterocycles. The van der Waals surface area contributed by atoms with Gasteiger partial charge in [0.2, 0.25) is 0 Å². The number of rotatable bonds is 4. The third kappa shape index (κ3) is 4.22. The molecule has 98 valence electrons. The highest BCUT2D eigenvalue weighted by Crippen LogP contribution is 2.07. The van der Waals surface area contributed by atoms with Crippen LogP contribution >= 0.6 is 0 Å². The van der Waals surface area contributed by atoms with Crippen LogP contribution in [0.2, 0.25) is 0 Å². The molecule has 2 amide bonds. The first kappa shape index (κ1) is 13.8. The second-order valence-corrected chi connectivity index (χ2v) is 4.54. The molecule has 6 heteroatoms. The van der Waals surface area contributed by atoms with Gasteiger partial charge in [-0.1, -0.05) is 13.8 Å². The molecule has 1 aliphatic heterocycles. The maximum atomic E-state index is 11.8. The number of carboxylic acids is 1. The number of hydrogen-bond acceptors (Lipinski definition) is 3. The Morgan fingerprint density at radius 1 is 1.53 bits per heavy atom. The fraction of sp³-hybridized carbons (Fsp3) is 0.818. The summed E-state index contributed by atoms with van der Waals surface area (Å²) in [4.78, 5) is 24.1. The van der Waals surface area contributed by atoms with E-state index in [1.807, 2.05) is 0 Å². The lowest BCUT2D eigenvalue weighted by Crippen LogP contribution is -2.55. The monoisotopic (exact) mass is 244 g/mol. The third-order valence-electron chi connectivity index (χ3n) is 2.67. The lowest BCUT2D eigenvalue weighted by atomic mass is 10.1. The molecule has 0 radical (unpaired) electrons. The number of ether oxygens (including phenoxy) is 1. The number of nitrogens with zero attached hydrogens (tertiary/aromatic N) is 1. The van der Waals surface area contributed by atoms with Crippen molar-refractivity contribution < 1.29 is 19.4 Å². The molecule has 0 aromatic carbocycles. The van der Waals surface area contributed by atoms with E-state index < -0.39 is 12.0 Å². The van der Waals surface area contributed by atoms with Crippen molar-refractivity contribution in [3.63, 3.8) is 0 Å². The van der Waals surface area contributed by atoms with E-state index in [0.29, 0.717) is 25.6 Å². The Kier molecular flexibility index (Phi) is 5.21. The highest BCUT2D eigenvalue weighted by molar-refractivity contribution is 5.82. The normalized spacial score (nSPS) is 20.4. The predicted molar refractivity (Wildman–Crippen MR) is 61.8 cm³/mol. The van der Waals surface area contributed by atoms with Crippen LogP contribution in [0.3, 0.4) is 0 Å². The SMILES string of the molecule is CC(C)CCNC(=O)N1CCOCC1C(=O)O. The average molecular weight is 244 g/mol. The minimum Gasteiger partial charge on any atom is -0.480 e. The van der Waals surface area contributed by atoms with E-state index in [2.05, 4.69) is 19.2 Å². The molecular formula is C11H20N2O4. The average Bonchev–Trinajstić information content (AvgIpc) is 2.28. The van der Waals surface area contributed by atoms with Crippen LogP contribution in [0, 0.1) is 5.92 Å². The Bertz CT molecular complexity index is 281. The number of hydrogen-bond donors (Lipinski definition) is 2. The number of morpholine rings is 1. The van der Waals surface area contributed by atoms with E-state index in [-0.39, 0.29) is 12.6 Å². The zero-order chi connectivity index (χ0) is 12.8. The molecule has 1 unspecified atom stereocenters. The summed E-state index contributed by atoms with van der Waals surface area (Å²) in [5.74, 6) is -0.515. The van der Waals surface area contributed by atoms with Crippen LogP contribution in [0.5, 0.6) is 0 Å². The largest absolute Gasteiger partial charge is 0.480 e. The van der Waals surface area contributed by atoms with Gasteiger partial charge in [0.05, 0.1) is 13.2 Å². The molecule has 17 heavy (non-hydrogen) atoms. The van der Waals surface area contributed by atoms with Crippen molar-refractivity contribution in [2.75, 3.05) is 26.3 Å². The minimum absolute atomic E-state index is 0.0624. The summed E-state index contributed by atoms with van der Waals surface area (Å²) in [5.41, 5.74) is 0. The number of urea groups is 1. The van der Waals surface area contributed by atoms with Crippen LogP contribution in [-0.2, 0) is 9.53 Å². The number of carboxylic acid groups (broad SMARTS) is 1. The molecule has 0 spiro atoms. The fourth-order valence-corrected chi connectivity index (χ4v) is 1.62. The van der Waals surface area contributed by atoms with Crippen molar-refractivity contribution >= 4 is 12.0 Å². The Balaban J connectivity index is 2.45.